The maximum atomic E-state index is 13.1. The number of rotatable bonds is 6. The van der Waals surface area contributed by atoms with Gasteiger partial charge in [0.25, 0.3) is 0 Å². The molecule has 1 aliphatic heterocycles. The van der Waals surface area contributed by atoms with E-state index in [-0.39, 0.29) is 0 Å². The van der Waals surface area contributed by atoms with Crippen LogP contribution in [0.25, 0.3) is 0 Å². The van der Waals surface area contributed by atoms with Crippen LogP contribution in [0.2, 0.25) is 0 Å². The molecule has 0 atom stereocenters. The van der Waals surface area contributed by atoms with Crippen LogP contribution in [-0.2, 0) is 23.1 Å². The van der Waals surface area contributed by atoms with Gasteiger partial charge in [0.05, 0.1) is 11.4 Å². The normalized spacial score (nSPS) is 16.9. The Hall–Kier alpha value is -1.94. The van der Waals surface area contributed by atoms with Crippen LogP contribution < -0.4 is 10.6 Å². The van der Waals surface area contributed by atoms with Gasteiger partial charge in [0.1, 0.15) is 0 Å². The minimum absolute atomic E-state index is 0.362. The topological polar surface area (TPSA) is 77.0 Å². The number of thiophene rings is 1. The fourth-order valence-corrected chi connectivity index (χ4v) is 5.34. The second kappa shape index (κ2) is 9.51. The Morgan fingerprint density at radius 3 is 2.46 bits per heavy atom. The number of aliphatic imine (C=N–C) groups is 1. The maximum Gasteiger partial charge on any atom is 0.243 e. The van der Waals surface area contributed by atoms with E-state index in [0.717, 1.165) is 18.7 Å². The number of likely N-dealkylation sites (N-methyl/N-ethyl adjacent to an activating group) is 1. The summed E-state index contributed by atoms with van der Waals surface area (Å²) < 4.78 is 27.9. The molecule has 3 rings (SSSR count). The first-order chi connectivity index (χ1) is 13.5. The molecule has 152 valence electrons. The van der Waals surface area contributed by atoms with Crippen molar-refractivity contribution in [2.24, 2.45) is 4.99 Å². The van der Waals surface area contributed by atoms with Crippen LogP contribution in [0.5, 0.6) is 0 Å². The van der Waals surface area contributed by atoms with Crippen molar-refractivity contribution in [1.82, 2.24) is 19.8 Å². The predicted octanol–water partition coefficient (Wildman–Crippen LogP) is 1.55. The number of hydrogen-bond donors (Lipinski definition) is 2. The molecule has 1 fully saturated rings. The Kier molecular flexibility index (Phi) is 7.06. The molecule has 0 radical (unpaired) electrons. The van der Waals surface area contributed by atoms with E-state index < -0.39 is 10.0 Å². The second-order valence-electron chi connectivity index (χ2n) is 6.67. The van der Waals surface area contributed by atoms with Gasteiger partial charge in [-0.2, -0.15) is 4.31 Å². The van der Waals surface area contributed by atoms with Crippen molar-refractivity contribution < 1.29 is 8.42 Å². The van der Waals surface area contributed by atoms with Crippen molar-refractivity contribution in [2.75, 3.05) is 40.3 Å². The standard InChI is InChI=1S/C19H27N5O2S2/c1-20-19(22-15-17-7-5-13-27-17)21-14-16-6-3-4-8-18(16)28(25,26)24-11-9-23(2)10-12-24/h3-8,13H,9-12,14-15H2,1-2H3,(H2,20,21,22). The third-order valence-corrected chi connectivity index (χ3v) is 7.61. The van der Waals surface area contributed by atoms with E-state index in [0.29, 0.717) is 37.0 Å². The molecule has 1 aliphatic rings. The van der Waals surface area contributed by atoms with Gasteiger partial charge in [-0.25, -0.2) is 8.42 Å². The average Bonchev–Trinajstić information content (AvgIpc) is 3.22. The highest BCUT2D eigenvalue weighted by Gasteiger charge is 2.29. The van der Waals surface area contributed by atoms with Crippen LogP contribution in [0.3, 0.4) is 0 Å². The molecule has 1 aromatic heterocycles. The Balaban J connectivity index is 1.67. The number of nitrogens with one attached hydrogen (secondary N) is 2. The molecule has 2 heterocycles. The second-order valence-corrected chi connectivity index (χ2v) is 9.61. The lowest BCUT2D eigenvalue weighted by atomic mass is 10.2. The van der Waals surface area contributed by atoms with E-state index in [2.05, 4.69) is 26.6 Å². The summed E-state index contributed by atoms with van der Waals surface area (Å²) in [5.74, 6) is 0.639. The first-order valence-corrected chi connectivity index (χ1v) is 11.6. The van der Waals surface area contributed by atoms with Crippen LogP contribution in [0.15, 0.2) is 51.7 Å². The molecule has 0 spiro atoms. The lowest BCUT2D eigenvalue weighted by Gasteiger charge is -2.32. The molecule has 0 aliphatic carbocycles. The Morgan fingerprint density at radius 1 is 1.07 bits per heavy atom. The smallest absolute Gasteiger partial charge is 0.243 e. The SMILES string of the molecule is CN=C(NCc1cccs1)NCc1ccccc1S(=O)(=O)N1CCN(C)CC1. The van der Waals surface area contributed by atoms with Crippen molar-refractivity contribution in [3.05, 3.63) is 52.2 Å². The highest BCUT2D eigenvalue weighted by molar-refractivity contribution is 7.89. The lowest BCUT2D eigenvalue weighted by molar-refractivity contribution is 0.222. The molecule has 2 N–H and O–H groups in total. The average molecular weight is 422 g/mol. The molecule has 28 heavy (non-hydrogen) atoms. The van der Waals surface area contributed by atoms with Gasteiger partial charge in [0, 0.05) is 44.6 Å². The summed E-state index contributed by atoms with van der Waals surface area (Å²) in [5.41, 5.74) is 0.737. The fraction of sp³-hybridized carbons (Fsp3) is 0.421. The number of benzene rings is 1. The summed E-state index contributed by atoms with van der Waals surface area (Å²) in [6.45, 7) is 3.60. The number of guanidine groups is 1. The van der Waals surface area contributed by atoms with Crippen LogP contribution >= 0.6 is 11.3 Å². The third-order valence-electron chi connectivity index (χ3n) is 4.73. The van der Waals surface area contributed by atoms with Crippen molar-refractivity contribution >= 4 is 27.3 Å². The quantitative estimate of drug-likeness (QED) is 0.547. The molecule has 2 aromatic rings. The summed E-state index contributed by atoms with van der Waals surface area (Å²) in [6.07, 6.45) is 0. The number of nitrogens with zero attached hydrogens (tertiary/aromatic N) is 3. The Morgan fingerprint density at radius 2 is 1.79 bits per heavy atom. The van der Waals surface area contributed by atoms with E-state index in [1.807, 2.05) is 30.6 Å². The zero-order valence-electron chi connectivity index (χ0n) is 16.3. The number of sulfonamides is 1. The van der Waals surface area contributed by atoms with Gasteiger partial charge in [-0.15, -0.1) is 11.3 Å². The van der Waals surface area contributed by atoms with Crippen molar-refractivity contribution in [3.8, 4) is 0 Å². The zero-order valence-corrected chi connectivity index (χ0v) is 17.9. The van der Waals surface area contributed by atoms with Gasteiger partial charge in [0.15, 0.2) is 5.96 Å². The van der Waals surface area contributed by atoms with Crippen LogP contribution in [-0.4, -0.2) is 63.9 Å². The van der Waals surface area contributed by atoms with E-state index >= 15 is 0 Å². The molecule has 0 saturated carbocycles. The first kappa shape index (κ1) is 20.8. The Labute approximate surface area is 171 Å². The van der Waals surface area contributed by atoms with Gasteiger partial charge >= 0.3 is 0 Å². The minimum Gasteiger partial charge on any atom is -0.352 e. The summed E-state index contributed by atoms with van der Waals surface area (Å²) in [7, 11) is 0.205. The van der Waals surface area contributed by atoms with E-state index in [9.17, 15) is 8.42 Å². The van der Waals surface area contributed by atoms with Crippen molar-refractivity contribution in [1.29, 1.82) is 0 Å². The van der Waals surface area contributed by atoms with Crippen LogP contribution in [0, 0.1) is 0 Å². The highest BCUT2D eigenvalue weighted by atomic mass is 32.2. The molecule has 0 bridgehead atoms. The van der Waals surface area contributed by atoms with Gasteiger partial charge < -0.3 is 15.5 Å². The van der Waals surface area contributed by atoms with E-state index in [1.165, 1.54) is 4.88 Å². The lowest BCUT2D eigenvalue weighted by Crippen LogP contribution is -2.47. The zero-order chi connectivity index (χ0) is 20.0. The molecule has 0 amide bonds. The highest BCUT2D eigenvalue weighted by Crippen LogP contribution is 2.21. The molecule has 9 heteroatoms. The largest absolute Gasteiger partial charge is 0.352 e. The number of hydrogen-bond acceptors (Lipinski definition) is 5. The summed E-state index contributed by atoms with van der Waals surface area (Å²) >= 11 is 1.68. The summed E-state index contributed by atoms with van der Waals surface area (Å²) in [6, 6.07) is 11.2. The molecule has 1 saturated heterocycles. The third kappa shape index (κ3) is 5.11. The fourth-order valence-electron chi connectivity index (χ4n) is 3.05. The van der Waals surface area contributed by atoms with Crippen LogP contribution in [0.4, 0.5) is 0 Å². The first-order valence-electron chi connectivity index (χ1n) is 9.24. The van der Waals surface area contributed by atoms with Gasteiger partial charge in [-0.3, -0.25) is 4.99 Å². The molecular weight excluding hydrogens is 394 g/mol. The summed E-state index contributed by atoms with van der Waals surface area (Å²) in [4.78, 5) is 7.94. The monoisotopic (exact) mass is 421 g/mol. The predicted molar refractivity (Wildman–Crippen MR) is 114 cm³/mol. The molecular formula is C19H27N5O2S2. The van der Waals surface area contributed by atoms with Crippen molar-refractivity contribution in [2.45, 2.75) is 18.0 Å². The van der Waals surface area contributed by atoms with Gasteiger partial charge in [-0.05, 0) is 30.1 Å². The van der Waals surface area contributed by atoms with Crippen LogP contribution in [0.1, 0.15) is 10.4 Å². The molecule has 0 unspecified atom stereocenters. The van der Waals surface area contributed by atoms with Gasteiger partial charge in [0.2, 0.25) is 10.0 Å². The molecule has 1 aromatic carbocycles. The Bertz CT molecular complexity index is 889. The van der Waals surface area contributed by atoms with E-state index in [4.69, 9.17) is 0 Å². The van der Waals surface area contributed by atoms with E-state index in [1.54, 1.807) is 34.8 Å². The molecule has 7 nitrogen and oxygen atoms in total. The van der Waals surface area contributed by atoms with Gasteiger partial charge in [-0.1, -0.05) is 24.3 Å². The maximum absolute atomic E-state index is 13.1. The van der Waals surface area contributed by atoms with Crippen molar-refractivity contribution in [3.63, 3.8) is 0 Å². The summed E-state index contributed by atoms with van der Waals surface area (Å²) in [5, 5.41) is 8.51. The number of piperazine rings is 1. The minimum atomic E-state index is -3.51.